The first-order valence-electron chi connectivity index (χ1n) is 11.6. The van der Waals surface area contributed by atoms with Gasteiger partial charge in [-0.3, -0.25) is 0 Å². The summed E-state index contributed by atoms with van der Waals surface area (Å²) in [5.41, 5.74) is 13.4. The number of fused-ring (bicyclic) bond motifs is 1. The van der Waals surface area contributed by atoms with Gasteiger partial charge in [0.2, 0.25) is 0 Å². The third-order valence-corrected chi connectivity index (χ3v) is 6.63. The van der Waals surface area contributed by atoms with Crippen LogP contribution in [0.15, 0.2) is 48.8 Å². The number of aryl methyl sites for hydroxylation is 5. The minimum atomic E-state index is 0. The van der Waals surface area contributed by atoms with Crippen molar-refractivity contribution in [1.29, 1.82) is 5.26 Å². The molecule has 0 fully saturated rings. The minimum absolute atomic E-state index is 0. The van der Waals surface area contributed by atoms with Gasteiger partial charge in [0.15, 0.2) is 0 Å². The van der Waals surface area contributed by atoms with Crippen LogP contribution in [0.5, 0.6) is 0 Å². The standard InChI is InChI=1S/C29H31N4.CN.Pt/c1-19-10-22(4)29(23(5)11-19)24-14-25(32-9-8-30(6)17-32)16-26(15-24)33-18-31(7)27-12-20(2)21(3)13-28(27)33;1-2;/h8-15,17-18H,1-7H3;;/q-3;-1;+4. The van der Waals surface area contributed by atoms with E-state index in [1.807, 2.05) is 7.05 Å². The molecule has 0 N–H and O–H groups in total. The average molecular weight is 657 g/mol. The molecule has 2 heterocycles. The number of rotatable bonds is 3. The van der Waals surface area contributed by atoms with E-state index in [0.29, 0.717) is 0 Å². The molecule has 0 unspecified atom stereocenters. The molecule has 5 nitrogen and oxygen atoms in total. The van der Waals surface area contributed by atoms with Crippen LogP contribution in [-0.4, -0.2) is 19.0 Å². The maximum Gasteiger partial charge on any atom is 4.00 e. The molecule has 0 saturated heterocycles. The zero-order valence-electron chi connectivity index (χ0n) is 21.8. The van der Waals surface area contributed by atoms with Crippen LogP contribution in [0.4, 0.5) is 22.7 Å². The molecule has 2 aliphatic rings. The Morgan fingerprint density at radius 3 is 1.89 bits per heavy atom. The molecular formula is C30H31N5Pt. The molecule has 2 aliphatic heterocycles. The Balaban J connectivity index is 0.00000117. The fourth-order valence-corrected chi connectivity index (χ4v) is 4.93. The molecule has 0 atom stereocenters. The Kier molecular flexibility index (Phi) is 8.22. The number of hydrogen-bond donors (Lipinski definition) is 0. The van der Waals surface area contributed by atoms with Gasteiger partial charge in [-0.15, -0.1) is 35.1 Å². The molecule has 6 heteroatoms. The molecule has 186 valence electrons. The van der Waals surface area contributed by atoms with E-state index in [1.165, 1.54) is 50.3 Å². The zero-order valence-corrected chi connectivity index (χ0v) is 24.1. The van der Waals surface area contributed by atoms with Crippen molar-refractivity contribution in [3.63, 3.8) is 0 Å². The summed E-state index contributed by atoms with van der Waals surface area (Å²) in [5, 5.41) is 6.25. The maximum absolute atomic E-state index is 6.25. The Bertz CT molecular complexity index is 1300. The van der Waals surface area contributed by atoms with Gasteiger partial charge in [0.05, 0.1) is 0 Å². The van der Waals surface area contributed by atoms with Gasteiger partial charge in [-0.2, -0.15) is 13.3 Å². The van der Waals surface area contributed by atoms with Crippen molar-refractivity contribution < 1.29 is 21.1 Å². The number of anilines is 4. The van der Waals surface area contributed by atoms with Crippen molar-refractivity contribution in [2.24, 2.45) is 0 Å². The van der Waals surface area contributed by atoms with Gasteiger partial charge in [-0.05, 0) is 101 Å². The largest absolute Gasteiger partial charge is 4.00 e. The summed E-state index contributed by atoms with van der Waals surface area (Å²) in [5.74, 6) is 0. The van der Waals surface area contributed by atoms with E-state index in [9.17, 15) is 0 Å². The van der Waals surface area contributed by atoms with Crippen molar-refractivity contribution in [2.45, 2.75) is 34.6 Å². The Hall–Kier alpha value is -3.22. The van der Waals surface area contributed by atoms with Crippen molar-refractivity contribution in [2.75, 3.05) is 28.8 Å². The molecule has 0 amide bonds. The maximum atomic E-state index is 6.25. The van der Waals surface area contributed by atoms with Crippen molar-refractivity contribution in [3.05, 3.63) is 103 Å². The van der Waals surface area contributed by atoms with Gasteiger partial charge in [-0.1, -0.05) is 17.7 Å². The van der Waals surface area contributed by atoms with E-state index < -0.39 is 0 Å². The second kappa shape index (κ2) is 10.8. The summed E-state index contributed by atoms with van der Waals surface area (Å²) in [6, 6.07) is 17.3. The summed E-state index contributed by atoms with van der Waals surface area (Å²) in [4.78, 5) is 8.64. The first kappa shape index (κ1) is 27.4. The topological polar surface area (TPSA) is 36.8 Å². The summed E-state index contributed by atoms with van der Waals surface area (Å²) in [6.07, 6.45) is 4.13. The molecule has 0 radical (unpaired) electrons. The second-order valence-corrected chi connectivity index (χ2v) is 9.42. The summed E-state index contributed by atoms with van der Waals surface area (Å²) in [6.45, 7) is 19.9. The van der Waals surface area contributed by atoms with Crippen LogP contribution in [0.3, 0.4) is 0 Å². The molecular weight excluding hydrogens is 625 g/mol. The summed E-state index contributed by atoms with van der Waals surface area (Å²) >= 11 is 0. The first-order valence-corrected chi connectivity index (χ1v) is 11.6. The second-order valence-electron chi connectivity index (χ2n) is 9.42. The van der Waals surface area contributed by atoms with E-state index >= 15 is 0 Å². The Morgan fingerprint density at radius 1 is 0.722 bits per heavy atom. The predicted molar refractivity (Wildman–Crippen MR) is 144 cm³/mol. The van der Waals surface area contributed by atoms with Gasteiger partial charge >= 0.3 is 21.1 Å². The van der Waals surface area contributed by atoms with Crippen LogP contribution in [0.2, 0.25) is 0 Å². The van der Waals surface area contributed by atoms with Gasteiger partial charge in [0.1, 0.15) is 0 Å². The monoisotopic (exact) mass is 656 g/mol. The van der Waals surface area contributed by atoms with Crippen LogP contribution >= 0.6 is 0 Å². The first-order chi connectivity index (χ1) is 16.7. The van der Waals surface area contributed by atoms with E-state index in [4.69, 9.17) is 11.8 Å². The van der Waals surface area contributed by atoms with Crippen molar-refractivity contribution >= 4 is 22.7 Å². The summed E-state index contributed by atoms with van der Waals surface area (Å²) < 4.78 is 0. The van der Waals surface area contributed by atoms with E-state index in [1.54, 1.807) is 0 Å². The molecule has 3 aromatic carbocycles. The quantitative estimate of drug-likeness (QED) is 0.289. The van der Waals surface area contributed by atoms with Gasteiger partial charge in [0, 0.05) is 11.4 Å². The SMILES string of the molecule is Cc1cc(C)c(-c2cc(N3C=CN(C)[CH-]3)[c-]c(N3[CH-]N(C)c4cc(C)c(C)cc43)c2)c(C)c1.[C-]#N.[Pt+4]. The van der Waals surface area contributed by atoms with E-state index in [-0.39, 0.29) is 21.1 Å². The normalized spacial score (nSPS) is 13.9. The van der Waals surface area contributed by atoms with Crippen LogP contribution < -0.4 is 14.7 Å². The fourth-order valence-electron chi connectivity index (χ4n) is 4.93. The Morgan fingerprint density at radius 2 is 1.31 bits per heavy atom. The molecule has 36 heavy (non-hydrogen) atoms. The fraction of sp³-hybridized carbons (Fsp3) is 0.233. The average Bonchev–Trinajstić information content (AvgIpc) is 3.38. The van der Waals surface area contributed by atoms with Crippen LogP contribution in [0.1, 0.15) is 27.8 Å². The van der Waals surface area contributed by atoms with Gasteiger partial charge < -0.3 is 31.4 Å². The van der Waals surface area contributed by atoms with E-state index in [0.717, 1.165) is 11.4 Å². The van der Waals surface area contributed by atoms with Crippen LogP contribution in [0.25, 0.3) is 11.1 Å². The minimum Gasteiger partial charge on any atom is -0.512 e. The molecule has 0 bridgehead atoms. The number of hydrogen-bond acceptors (Lipinski definition) is 5. The molecule has 5 rings (SSSR count). The smallest absolute Gasteiger partial charge is 0.512 e. The molecule has 0 saturated carbocycles. The Labute approximate surface area is 230 Å². The summed E-state index contributed by atoms with van der Waals surface area (Å²) in [7, 11) is 4.15. The van der Waals surface area contributed by atoms with Crippen LogP contribution in [0, 0.1) is 65.9 Å². The predicted octanol–water partition coefficient (Wildman–Crippen LogP) is 6.84. The van der Waals surface area contributed by atoms with E-state index in [2.05, 4.69) is 129 Å². The molecule has 0 spiro atoms. The van der Waals surface area contributed by atoms with Crippen molar-refractivity contribution in [1.82, 2.24) is 4.90 Å². The van der Waals surface area contributed by atoms with Crippen molar-refractivity contribution in [3.8, 4) is 11.1 Å². The number of benzene rings is 3. The third kappa shape index (κ3) is 5.01. The number of nitrogens with zero attached hydrogens (tertiary/aromatic N) is 5. The molecule has 0 aliphatic carbocycles. The third-order valence-electron chi connectivity index (χ3n) is 6.63. The molecule has 3 aromatic rings. The van der Waals surface area contributed by atoms with Crippen LogP contribution in [-0.2, 0) is 21.1 Å². The zero-order chi connectivity index (χ0) is 25.4. The van der Waals surface area contributed by atoms with Gasteiger partial charge in [0.25, 0.3) is 0 Å². The van der Waals surface area contributed by atoms with Gasteiger partial charge in [-0.25, -0.2) is 0 Å². The molecule has 0 aromatic heterocycles.